The Labute approximate surface area is 151 Å². The van der Waals surface area contributed by atoms with Crippen molar-refractivity contribution in [2.75, 3.05) is 27.2 Å². The van der Waals surface area contributed by atoms with Crippen LogP contribution in [0.1, 0.15) is 25.3 Å². The third-order valence-corrected chi connectivity index (χ3v) is 3.14. The van der Waals surface area contributed by atoms with Gasteiger partial charge in [-0.05, 0) is 37.5 Å². The minimum atomic E-state index is 0. The van der Waals surface area contributed by atoms with Gasteiger partial charge in [-0.2, -0.15) is 0 Å². The predicted octanol–water partition coefficient (Wildman–Crippen LogP) is 3.68. The lowest BCUT2D eigenvalue weighted by atomic mass is 10.2. The highest BCUT2D eigenvalue weighted by atomic mass is 127. The highest BCUT2D eigenvalue weighted by Crippen LogP contribution is 2.13. The van der Waals surface area contributed by atoms with Crippen molar-refractivity contribution in [2.45, 2.75) is 26.3 Å². The lowest BCUT2D eigenvalue weighted by molar-refractivity contribution is 0.340. The van der Waals surface area contributed by atoms with Crippen LogP contribution in [0.4, 0.5) is 0 Å². The average Bonchev–Trinajstić information content (AvgIpc) is 2.49. The van der Waals surface area contributed by atoms with Gasteiger partial charge in [0.15, 0.2) is 5.96 Å². The van der Waals surface area contributed by atoms with E-state index < -0.39 is 0 Å². The molecule has 5 heteroatoms. The molecule has 0 spiro atoms. The average molecular weight is 417 g/mol. The molecule has 0 unspecified atom stereocenters. The highest BCUT2D eigenvalue weighted by Gasteiger charge is 2.05. The molecule has 22 heavy (non-hydrogen) atoms. The molecule has 0 radical (unpaired) electrons. The van der Waals surface area contributed by atoms with E-state index in [1.54, 1.807) is 0 Å². The molecule has 1 aromatic rings. The summed E-state index contributed by atoms with van der Waals surface area (Å²) in [6.45, 7) is 8.12. The molecule has 0 saturated heterocycles. The molecule has 0 aliphatic carbocycles. The molecule has 1 N–H and O–H groups in total. The molecule has 0 atom stereocenters. The van der Waals surface area contributed by atoms with Gasteiger partial charge in [0.1, 0.15) is 5.75 Å². The number of aliphatic imine (C=N–C) groups is 1. The summed E-state index contributed by atoms with van der Waals surface area (Å²) in [6.07, 6.45) is 4.06. The molecule has 0 amide bonds. The van der Waals surface area contributed by atoms with Gasteiger partial charge in [-0.3, -0.25) is 4.99 Å². The fourth-order valence-electron chi connectivity index (χ4n) is 2.06. The van der Waals surface area contributed by atoms with E-state index in [0.717, 1.165) is 37.6 Å². The van der Waals surface area contributed by atoms with Crippen molar-refractivity contribution in [2.24, 2.45) is 4.99 Å². The molecular weight excluding hydrogens is 389 g/mol. The first-order valence-electron chi connectivity index (χ1n) is 7.45. The Morgan fingerprint density at radius 2 is 2.23 bits per heavy atom. The number of unbranched alkanes of at least 4 members (excludes halogenated alkanes) is 1. The van der Waals surface area contributed by atoms with Crippen LogP contribution in [0.5, 0.6) is 5.75 Å². The Bertz CT molecular complexity index is 463. The SMILES string of the molecule is C=CCCCN(C)C(=NC)NCc1cccc(OCC)c1.I. The Hall–Kier alpha value is -1.24. The number of benzene rings is 1. The van der Waals surface area contributed by atoms with Crippen LogP contribution in [-0.4, -0.2) is 38.1 Å². The van der Waals surface area contributed by atoms with Crippen molar-refractivity contribution in [1.82, 2.24) is 10.2 Å². The summed E-state index contributed by atoms with van der Waals surface area (Å²) in [4.78, 5) is 6.45. The first-order chi connectivity index (χ1) is 10.2. The third kappa shape index (κ3) is 7.68. The van der Waals surface area contributed by atoms with Gasteiger partial charge >= 0.3 is 0 Å². The van der Waals surface area contributed by atoms with Crippen molar-refractivity contribution in [3.05, 3.63) is 42.5 Å². The Balaban J connectivity index is 0.00000441. The smallest absolute Gasteiger partial charge is 0.193 e. The summed E-state index contributed by atoms with van der Waals surface area (Å²) in [5.74, 6) is 1.81. The molecule has 0 saturated carbocycles. The second kappa shape index (κ2) is 12.3. The van der Waals surface area contributed by atoms with Gasteiger partial charge in [0.05, 0.1) is 6.61 Å². The summed E-state index contributed by atoms with van der Waals surface area (Å²) in [5.41, 5.74) is 1.18. The molecule has 0 aliphatic rings. The molecule has 1 aromatic carbocycles. The number of hydrogen-bond acceptors (Lipinski definition) is 2. The van der Waals surface area contributed by atoms with Gasteiger partial charge in [0.25, 0.3) is 0 Å². The predicted molar refractivity (Wildman–Crippen MR) is 105 cm³/mol. The molecule has 124 valence electrons. The standard InChI is InChI=1S/C17H27N3O.HI/c1-5-7-8-12-20(4)17(18-3)19-14-15-10-9-11-16(13-15)21-6-2;/h5,9-11,13H,1,6-8,12,14H2,2-4H3,(H,18,19);1H. The van der Waals surface area contributed by atoms with E-state index in [1.165, 1.54) is 5.56 Å². The summed E-state index contributed by atoms with van der Waals surface area (Å²) >= 11 is 0. The summed E-state index contributed by atoms with van der Waals surface area (Å²) in [6, 6.07) is 8.13. The number of hydrogen-bond donors (Lipinski definition) is 1. The largest absolute Gasteiger partial charge is 0.494 e. The molecule has 0 aromatic heterocycles. The van der Waals surface area contributed by atoms with Crippen LogP contribution < -0.4 is 10.1 Å². The van der Waals surface area contributed by atoms with Crippen molar-refractivity contribution >= 4 is 29.9 Å². The van der Waals surface area contributed by atoms with Crippen LogP contribution in [0.3, 0.4) is 0 Å². The van der Waals surface area contributed by atoms with Crippen LogP contribution in [0, 0.1) is 0 Å². The molecule has 0 bridgehead atoms. The van der Waals surface area contributed by atoms with E-state index in [4.69, 9.17) is 4.74 Å². The number of rotatable bonds is 8. The number of nitrogens with zero attached hydrogens (tertiary/aromatic N) is 2. The maximum atomic E-state index is 5.51. The first-order valence-corrected chi connectivity index (χ1v) is 7.45. The maximum absolute atomic E-state index is 5.51. The molecule has 4 nitrogen and oxygen atoms in total. The highest BCUT2D eigenvalue weighted by molar-refractivity contribution is 14.0. The number of halogens is 1. The Morgan fingerprint density at radius 3 is 2.86 bits per heavy atom. The van der Waals surface area contributed by atoms with E-state index in [9.17, 15) is 0 Å². The maximum Gasteiger partial charge on any atom is 0.193 e. The topological polar surface area (TPSA) is 36.9 Å². The molecule has 1 rings (SSSR count). The molecule has 0 aliphatic heterocycles. The summed E-state index contributed by atoms with van der Waals surface area (Å²) < 4.78 is 5.51. The van der Waals surface area contributed by atoms with Gasteiger partial charge in [-0.25, -0.2) is 0 Å². The molecule has 0 fully saturated rings. The summed E-state index contributed by atoms with van der Waals surface area (Å²) in [7, 11) is 3.86. The second-order valence-electron chi connectivity index (χ2n) is 4.83. The number of allylic oxidation sites excluding steroid dienone is 1. The summed E-state index contributed by atoms with van der Waals surface area (Å²) in [5, 5.41) is 3.38. The van der Waals surface area contributed by atoms with Gasteiger partial charge in [-0.1, -0.05) is 18.2 Å². The lowest BCUT2D eigenvalue weighted by Crippen LogP contribution is -2.38. The second-order valence-corrected chi connectivity index (χ2v) is 4.83. The van der Waals surface area contributed by atoms with Gasteiger partial charge < -0.3 is 15.0 Å². The van der Waals surface area contributed by atoms with Crippen molar-refractivity contribution in [3.8, 4) is 5.75 Å². The third-order valence-electron chi connectivity index (χ3n) is 3.14. The Morgan fingerprint density at radius 1 is 1.45 bits per heavy atom. The van der Waals surface area contributed by atoms with E-state index in [-0.39, 0.29) is 24.0 Å². The van der Waals surface area contributed by atoms with Gasteiger partial charge in [0.2, 0.25) is 0 Å². The van der Waals surface area contributed by atoms with Crippen LogP contribution >= 0.6 is 24.0 Å². The normalized spacial score (nSPS) is 10.6. The molecule has 0 heterocycles. The number of ether oxygens (including phenoxy) is 1. The fraction of sp³-hybridized carbons (Fsp3) is 0.471. The van der Waals surface area contributed by atoms with Gasteiger partial charge in [0, 0.05) is 27.2 Å². The Kier molecular flexibility index (Phi) is 11.6. The first kappa shape index (κ1) is 20.8. The zero-order valence-corrected chi connectivity index (χ0v) is 16.2. The lowest BCUT2D eigenvalue weighted by Gasteiger charge is -2.22. The van der Waals surface area contributed by atoms with E-state index in [2.05, 4.69) is 41.0 Å². The van der Waals surface area contributed by atoms with Crippen molar-refractivity contribution < 1.29 is 4.74 Å². The van der Waals surface area contributed by atoms with Crippen LogP contribution in [0.15, 0.2) is 41.9 Å². The zero-order valence-electron chi connectivity index (χ0n) is 13.8. The fourth-order valence-corrected chi connectivity index (χ4v) is 2.06. The van der Waals surface area contributed by atoms with Crippen LogP contribution in [0.2, 0.25) is 0 Å². The number of nitrogens with one attached hydrogen (secondary N) is 1. The molecular formula is C17H28IN3O. The van der Waals surface area contributed by atoms with Crippen LogP contribution in [-0.2, 0) is 6.54 Å². The number of guanidine groups is 1. The zero-order chi connectivity index (χ0) is 15.5. The minimum Gasteiger partial charge on any atom is -0.494 e. The van der Waals surface area contributed by atoms with Crippen LogP contribution in [0.25, 0.3) is 0 Å². The quantitative estimate of drug-likeness (QED) is 0.231. The van der Waals surface area contributed by atoms with E-state index >= 15 is 0 Å². The van der Waals surface area contributed by atoms with Crippen molar-refractivity contribution in [3.63, 3.8) is 0 Å². The van der Waals surface area contributed by atoms with E-state index in [1.807, 2.05) is 32.2 Å². The monoisotopic (exact) mass is 417 g/mol. The minimum absolute atomic E-state index is 0. The van der Waals surface area contributed by atoms with E-state index in [0.29, 0.717) is 6.61 Å². The van der Waals surface area contributed by atoms with Crippen molar-refractivity contribution in [1.29, 1.82) is 0 Å². The van der Waals surface area contributed by atoms with Gasteiger partial charge in [-0.15, -0.1) is 30.6 Å².